The van der Waals surface area contributed by atoms with E-state index in [1.165, 1.54) is 32.1 Å². The fourth-order valence-corrected chi connectivity index (χ4v) is 2.67. The zero-order valence-electron chi connectivity index (χ0n) is 10.5. The maximum atomic E-state index is 5.86. The van der Waals surface area contributed by atoms with Gasteiger partial charge in [0.05, 0.1) is 0 Å². The monoisotopic (exact) mass is 253 g/mol. The molecule has 0 spiro atoms. The van der Waals surface area contributed by atoms with E-state index in [2.05, 4.69) is 22.2 Å². The summed E-state index contributed by atoms with van der Waals surface area (Å²) in [6.07, 6.45) is 6.40. The number of anilines is 1. The summed E-state index contributed by atoms with van der Waals surface area (Å²) in [4.78, 5) is 8.29. The van der Waals surface area contributed by atoms with E-state index in [0.29, 0.717) is 11.3 Å². The minimum absolute atomic E-state index is 0.328. The third-order valence-electron chi connectivity index (χ3n) is 3.44. The molecule has 94 valence electrons. The van der Waals surface area contributed by atoms with Crippen molar-refractivity contribution >= 4 is 17.4 Å². The Kier molecular flexibility index (Phi) is 4.21. The van der Waals surface area contributed by atoms with Crippen LogP contribution in [0.5, 0.6) is 0 Å². The van der Waals surface area contributed by atoms with Gasteiger partial charge < -0.3 is 5.32 Å². The number of nitrogens with zero attached hydrogens (tertiary/aromatic N) is 2. The van der Waals surface area contributed by atoms with Gasteiger partial charge in [-0.1, -0.05) is 19.8 Å². The standard InChI is InChI=1S/C13H20ClN3/c1-9-4-3-5-11(7-6-9)16-12-8-10(2)15-13(14)17-12/h8-9,11H,3-7H2,1-2H3,(H,15,16,17). The smallest absolute Gasteiger partial charge is 0.224 e. The molecular formula is C13H20ClN3. The van der Waals surface area contributed by atoms with Crippen molar-refractivity contribution in [3.8, 4) is 0 Å². The molecule has 1 aliphatic rings. The second-order valence-corrected chi connectivity index (χ2v) is 5.46. The van der Waals surface area contributed by atoms with Gasteiger partial charge in [0.25, 0.3) is 0 Å². The molecule has 4 heteroatoms. The Bertz CT molecular complexity index is 361. The first kappa shape index (κ1) is 12.6. The molecule has 0 bridgehead atoms. The summed E-state index contributed by atoms with van der Waals surface area (Å²) < 4.78 is 0. The molecule has 2 rings (SSSR count). The highest BCUT2D eigenvalue weighted by Gasteiger charge is 2.16. The molecule has 0 amide bonds. The molecule has 2 unspecified atom stereocenters. The maximum absolute atomic E-state index is 5.86. The van der Waals surface area contributed by atoms with E-state index < -0.39 is 0 Å². The van der Waals surface area contributed by atoms with Crippen molar-refractivity contribution in [2.24, 2.45) is 5.92 Å². The fourth-order valence-electron chi connectivity index (χ4n) is 2.45. The summed E-state index contributed by atoms with van der Waals surface area (Å²) in [5.41, 5.74) is 0.912. The van der Waals surface area contributed by atoms with E-state index in [9.17, 15) is 0 Å². The van der Waals surface area contributed by atoms with Gasteiger partial charge in [0, 0.05) is 17.8 Å². The van der Waals surface area contributed by atoms with Crippen LogP contribution in [0.25, 0.3) is 0 Å². The topological polar surface area (TPSA) is 37.8 Å². The highest BCUT2D eigenvalue weighted by atomic mass is 35.5. The van der Waals surface area contributed by atoms with Crippen LogP contribution in [-0.4, -0.2) is 16.0 Å². The van der Waals surface area contributed by atoms with Crippen LogP contribution in [0.15, 0.2) is 6.07 Å². The molecule has 1 fully saturated rings. The maximum Gasteiger partial charge on any atom is 0.224 e. The first-order chi connectivity index (χ1) is 8.13. The van der Waals surface area contributed by atoms with Gasteiger partial charge in [-0.15, -0.1) is 0 Å². The Morgan fingerprint density at radius 3 is 2.82 bits per heavy atom. The first-order valence-electron chi connectivity index (χ1n) is 6.41. The van der Waals surface area contributed by atoms with Crippen molar-refractivity contribution in [1.82, 2.24) is 9.97 Å². The van der Waals surface area contributed by atoms with Crippen LogP contribution in [-0.2, 0) is 0 Å². The number of hydrogen-bond acceptors (Lipinski definition) is 3. The predicted molar refractivity (Wildman–Crippen MR) is 71.4 cm³/mol. The third kappa shape index (κ3) is 3.84. The van der Waals surface area contributed by atoms with Gasteiger partial charge in [-0.25, -0.2) is 9.97 Å². The van der Waals surface area contributed by atoms with Gasteiger partial charge in [0.1, 0.15) is 5.82 Å². The van der Waals surface area contributed by atoms with Crippen LogP contribution in [0.2, 0.25) is 5.28 Å². The number of aryl methyl sites for hydroxylation is 1. The Morgan fingerprint density at radius 2 is 2.06 bits per heavy atom. The number of halogens is 1. The highest BCUT2D eigenvalue weighted by Crippen LogP contribution is 2.24. The SMILES string of the molecule is Cc1cc(NC2CCCC(C)CC2)nc(Cl)n1. The molecule has 0 radical (unpaired) electrons. The number of hydrogen-bond donors (Lipinski definition) is 1. The molecule has 0 saturated heterocycles. The average molecular weight is 254 g/mol. The van der Waals surface area contributed by atoms with Crippen molar-refractivity contribution in [1.29, 1.82) is 0 Å². The minimum Gasteiger partial charge on any atom is -0.367 e. The summed E-state index contributed by atoms with van der Waals surface area (Å²) in [6.45, 7) is 4.28. The average Bonchev–Trinajstić information content (AvgIpc) is 2.42. The van der Waals surface area contributed by atoms with Gasteiger partial charge in [-0.2, -0.15) is 0 Å². The fraction of sp³-hybridized carbons (Fsp3) is 0.692. The van der Waals surface area contributed by atoms with Gasteiger partial charge >= 0.3 is 0 Å². The first-order valence-corrected chi connectivity index (χ1v) is 6.79. The van der Waals surface area contributed by atoms with Gasteiger partial charge in [0.15, 0.2) is 0 Å². The Hall–Kier alpha value is -0.830. The molecule has 1 aromatic heterocycles. The van der Waals surface area contributed by atoms with E-state index in [4.69, 9.17) is 11.6 Å². The van der Waals surface area contributed by atoms with Crippen LogP contribution in [0, 0.1) is 12.8 Å². The lowest BCUT2D eigenvalue weighted by Crippen LogP contribution is -2.19. The quantitative estimate of drug-likeness (QED) is 0.643. The zero-order valence-corrected chi connectivity index (χ0v) is 11.3. The molecule has 3 nitrogen and oxygen atoms in total. The van der Waals surface area contributed by atoms with Crippen molar-refractivity contribution in [3.63, 3.8) is 0 Å². The number of rotatable bonds is 2. The summed E-state index contributed by atoms with van der Waals surface area (Å²) in [5.74, 6) is 1.72. The second-order valence-electron chi connectivity index (χ2n) is 5.12. The third-order valence-corrected chi connectivity index (χ3v) is 3.61. The molecule has 0 aliphatic heterocycles. The molecule has 1 aliphatic carbocycles. The van der Waals surface area contributed by atoms with Gasteiger partial charge in [-0.3, -0.25) is 0 Å². The lowest BCUT2D eigenvalue weighted by Gasteiger charge is -2.17. The van der Waals surface area contributed by atoms with E-state index in [0.717, 1.165) is 17.4 Å². The van der Waals surface area contributed by atoms with E-state index in [-0.39, 0.29) is 0 Å². The lowest BCUT2D eigenvalue weighted by atomic mass is 10.0. The normalized spacial score (nSPS) is 25.4. The Balaban J connectivity index is 1.99. The summed E-state index contributed by atoms with van der Waals surface area (Å²) in [7, 11) is 0. The zero-order chi connectivity index (χ0) is 12.3. The van der Waals surface area contributed by atoms with Crippen molar-refractivity contribution in [2.75, 3.05) is 5.32 Å². The molecule has 17 heavy (non-hydrogen) atoms. The summed E-state index contributed by atoms with van der Waals surface area (Å²) >= 11 is 5.86. The van der Waals surface area contributed by atoms with Crippen molar-refractivity contribution in [3.05, 3.63) is 17.0 Å². The molecule has 1 saturated carbocycles. The molecule has 2 atom stereocenters. The van der Waals surface area contributed by atoms with Crippen LogP contribution in [0.3, 0.4) is 0 Å². The van der Waals surface area contributed by atoms with E-state index in [1.807, 2.05) is 13.0 Å². The van der Waals surface area contributed by atoms with Crippen molar-refractivity contribution in [2.45, 2.75) is 52.0 Å². The van der Waals surface area contributed by atoms with Crippen LogP contribution in [0.1, 0.15) is 44.7 Å². The predicted octanol–water partition coefficient (Wildman–Crippen LogP) is 3.82. The van der Waals surface area contributed by atoms with E-state index in [1.54, 1.807) is 0 Å². The molecular weight excluding hydrogens is 234 g/mol. The summed E-state index contributed by atoms with van der Waals surface area (Å²) in [6, 6.07) is 2.49. The molecule has 1 N–H and O–H groups in total. The highest BCUT2D eigenvalue weighted by molar-refractivity contribution is 6.28. The van der Waals surface area contributed by atoms with Gasteiger partial charge in [-0.05, 0) is 43.7 Å². The van der Waals surface area contributed by atoms with Gasteiger partial charge in [0.2, 0.25) is 5.28 Å². The Labute approximate surface area is 108 Å². The van der Waals surface area contributed by atoms with E-state index >= 15 is 0 Å². The Morgan fingerprint density at radius 1 is 1.24 bits per heavy atom. The largest absolute Gasteiger partial charge is 0.367 e. The second kappa shape index (κ2) is 5.67. The lowest BCUT2D eigenvalue weighted by molar-refractivity contribution is 0.502. The van der Waals surface area contributed by atoms with Crippen molar-refractivity contribution < 1.29 is 0 Å². The van der Waals surface area contributed by atoms with Crippen LogP contribution < -0.4 is 5.32 Å². The summed E-state index contributed by atoms with van der Waals surface area (Å²) in [5, 5.41) is 3.82. The number of aromatic nitrogens is 2. The van der Waals surface area contributed by atoms with Crippen LogP contribution in [0.4, 0.5) is 5.82 Å². The molecule has 1 heterocycles. The molecule has 0 aromatic carbocycles. The van der Waals surface area contributed by atoms with Crippen LogP contribution >= 0.6 is 11.6 Å². The molecule has 1 aromatic rings. The number of nitrogens with one attached hydrogen (secondary N) is 1. The minimum atomic E-state index is 0.328.